The average Bonchev–Trinajstić information content (AvgIpc) is 3.00. The minimum absolute atomic E-state index is 0.303. The summed E-state index contributed by atoms with van der Waals surface area (Å²) in [6, 6.07) is 12.7. The van der Waals surface area contributed by atoms with Crippen LogP contribution in [-0.4, -0.2) is 21.7 Å². The molecular weight excluding hydrogens is 379 g/mol. The van der Waals surface area contributed by atoms with E-state index in [1.165, 1.54) is 17.0 Å². The molecule has 2 aromatic carbocycles. The van der Waals surface area contributed by atoms with E-state index in [0.29, 0.717) is 22.3 Å². The lowest BCUT2D eigenvalue weighted by Crippen LogP contribution is -2.33. The molecule has 0 saturated heterocycles. The van der Waals surface area contributed by atoms with Crippen molar-refractivity contribution in [2.45, 2.75) is 39.2 Å². The molecule has 0 fully saturated rings. The summed E-state index contributed by atoms with van der Waals surface area (Å²) in [4.78, 5) is 31.9. The van der Waals surface area contributed by atoms with E-state index in [1.807, 2.05) is 25.1 Å². The van der Waals surface area contributed by atoms with Crippen LogP contribution in [0.3, 0.4) is 0 Å². The molecule has 1 aliphatic rings. The number of carbonyl (C=O) groups excluding carboxylic acids is 2. The zero-order valence-corrected chi connectivity index (χ0v) is 17.1. The van der Waals surface area contributed by atoms with Gasteiger partial charge in [-0.05, 0) is 49.8 Å². The number of unbranched alkanes of at least 4 members (excludes halogenated alkanes) is 2. The zero-order chi connectivity index (χ0) is 21.3. The van der Waals surface area contributed by atoms with Crippen molar-refractivity contribution in [3.05, 3.63) is 82.8 Å². The molecule has 5 heteroatoms. The van der Waals surface area contributed by atoms with Gasteiger partial charge in [-0.15, -0.1) is 0 Å². The van der Waals surface area contributed by atoms with E-state index in [9.17, 15) is 14.0 Å². The molecule has 1 aliphatic heterocycles. The predicted molar refractivity (Wildman–Crippen MR) is 116 cm³/mol. The van der Waals surface area contributed by atoms with Gasteiger partial charge in [-0.3, -0.25) is 14.5 Å². The van der Waals surface area contributed by atoms with Gasteiger partial charge in [0.15, 0.2) is 0 Å². The van der Waals surface area contributed by atoms with E-state index in [2.05, 4.69) is 11.9 Å². The monoisotopic (exact) mass is 402 g/mol. The summed E-state index contributed by atoms with van der Waals surface area (Å²) in [6.07, 6.45) is 6.99. The van der Waals surface area contributed by atoms with E-state index in [4.69, 9.17) is 0 Å². The Hall–Kier alpha value is -3.34. The van der Waals surface area contributed by atoms with Crippen molar-refractivity contribution in [2.75, 3.05) is 0 Å². The number of hydrogen-bond donors (Lipinski definition) is 0. The van der Waals surface area contributed by atoms with Crippen molar-refractivity contribution in [1.82, 2.24) is 9.88 Å². The maximum absolute atomic E-state index is 13.7. The highest BCUT2D eigenvalue weighted by Gasteiger charge is 2.39. The molecule has 30 heavy (non-hydrogen) atoms. The molecule has 0 radical (unpaired) electrons. The van der Waals surface area contributed by atoms with Crippen LogP contribution in [0, 0.1) is 5.82 Å². The molecule has 0 aliphatic carbocycles. The smallest absolute Gasteiger partial charge is 0.262 e. The van der Waals surface area contributed by atoms with Gasteiger partial charge in [0.25, 0.3) is 11.8 Å². The molecular formula is C25H23FN2O2. The summed E-state index contributed by atoms with van der Waals surface area (Å²) >= 11 is 0. The van der Waals surface area contributed by atoms with Gasteiger partial charge in [0.2, 0.25) is 0 Å². The fourth-order valence-corrected chi connectivity index (χ4v) is 3.86. The third kappa shape index (κ3) is 3.52. The number of rotatable bonds is 6. The lowest BCUT2D eigenvalue weighted by Gasteiger charge is -2.24. The number of pyridine rings is 1. The van der Waals surface area contributed by atoms with E-state index < -0.39 is 6.04 Å². The first-order valence-corrected chi connectivity index (χ1v) is 10.2. The molecule has 0 spiro atoms. The first-order valence-electron chi connectivity index (χ1n) is 10.2. The van der Waals surface area contributed by atoms with Gasteiger partial charge in [0.05, 0.1) is 28.4 Å². The number of halogens is 1. The van der Waals surface area contributed by atoms with Gasteiger partial charge < -0.3 is 0 Å². The number of carbonyl (C=O) groups is 2. The Bertz CT molecular complexity index is 1130. The summed E-state index contributed by atoms with van der Waals surface area (Å²) in [5.74, 6) is -0.955. The largest absolute Gasteiger partial charge is 0.269 e. The Kier molecular flexibility index (Phi) is 5.44. The van der Waals surface area contributed by atoms with E-state index in [0.717, 1.165) is 30.2 Å². The summed E-state index contributed by atoms with van der Waals surface area (Å²) in [5.41, 5.74) is 2.79. The highest BCUT2D eigenvalue weighted by atomic mass is 19.1. The van der Waals surface area contributed by atoms with Crippen LogP contribution in [-0.2, 0) is 0 Å². The molecule has 3 aromatic rings. The SMILES string of the molecule is CCCCC=Cc1nc2cc(F)ccc2cc1C(C)N1C(=O)c2ccccc2C1=O. The number of allylic oxidation sites excluding steroid dienone is 1. The van der Waals surface area contributed by atoms with Crippen LogP contribution in [0.4, 0.5) is 4.39 Å². The summed E-state index contributed by atoms with van der Waals surface area (Å²) in [5, 5.41) is 0.764. The van der Waals surface area contributed by atoms with Crippen molar-refractivity contribution in [1.29, 1.82) is 0 Å². The van der Waals surface area contributed by atoms with Gasteiger partial charge in [-0.2, -0.15) is 0 Å². The van der Waals surface area contributed by atoms with Gasteiger partial charge in [-0.1, -0.05) is 38.0 Å². The van der Waals surface area contributed by atoms with Crippen LogP contribution in [0.1, 0.15) is 71.1 Å². The van der Waals surface area contributed by atoms with Crippen molar-refractivity contribution >= 4 is 28.8 Å². The molecule has 2 heterocycles. The summed E-state index contributed by atoms with van der Waals surface area (Å²) in [6.45, 7) is 3.96. The van der Waals surface area contributed by atoms with Crippen molar-refractivity contribution in [3.63, 3.8) is 0 Å². The minimum atomic E-state index is -0.509. The molecule has 0 bridgehead atoms. The normalized spacial score (nSPS) is 14.7. The highest BCUT2D eigenvalue weighted by Crippen LogP contribution is 2.34. The second kappa shape index (κ2) is 8.19. The van der Waals surface area contributed by atoms with Crippen LogP contribution >= 0.6 is 0 Å². The topological polar surface area (TPSA) is 50.3 Å². The fourth-order valence-electron chi connectivity index (χ4n) is 3.86. The average molecular weight is 402 g/mol. The summed E-state index contributed by atoms with van der Waals surface area (Å²) < 4.78 is 13.7. The lowest BCUT2D eigenvalue weighted by molar-refractivity contribution is 0.0595. The lowest BCUT2D eigenvalue weighted by atomic mass is 10.0. The highest BCUT2D eigenvalue weighted by molar-refractivity contribution is 6.21. The first kappa shape index (κ1) is 20.0. The van der Waals surface area contributed by atoms with E-state index in [1.54, 1.807) is 30.3 Å². The minimum Gasteiger partial charge on any atom is -0.269 e. The van der Waals surface area contributed by atoms with Gasteiger partial charge in [0, 0.05) is 17.0 Å². The maximum atomic E-state index is 13.7. The van der Waals surface area contributed by atoms with Gasteiger partial charge >= 0.3 is 0 Å². The molecule has 152 valence electrons. The molecule has 1 unspecified atom stereocenters. The molecule has 0 N–H and O–H groups in total. The van der Waals surface area contributed by atoms with Crippen LogP contribution in [0.25, 0.3) is 17.0 Å². The molecule has 0 saturated carbocycles. The zero-order valence-electron chi connectivity index (χ0n) is 17.1. The Morgan fingerprint density at radius 2 is 1.77 bits per heavy atom. The molecule has 1 aromatic heterocycles. The molecule has 2 amide bonds. The van der Waals surface area contributed by atoms with Crippen molar-refractivity contribution in [3.8, 4) is 0 Å². The van der Waals surface area contributed by atoms with Crippen LogP contribution in [0.15, 0.2) is 54.6 Å². The fraction of sp³-hybridized carbons (Fsp3) is 0.240. The number of amides is 2. The molecule has 4 nitrogen and oxygen atoms in total. The van der Waals surface area contributed by atoms with Crippen LogP contribution in [0.2, 0.25) is 0 Å². The number of fused-ring (bicyclic) bond motifs is 2. The third-order valence-corrected chi connectivity index (χ3v) is 5.50. The number of imide groups is 1. The van der Waals surface area contributed by atoms with Crippen LogP contribution < -0.4 is 0 Å². The second-order valence-electron chi connectivity index (χ2n) is 7.55. The van der Waals surface area contributed by atoms with Crippen molar-refractivity contribution in [2.24, 2.45) is 0 Å². The Morgan fingerprint density at radius 1 is 1.07 bits per heavy atom. The standard InChI is InChI=1S/C25H23FN2O2/c1-3-4-5-6-11-22-21(14-17-12-13-18(26)15-23(17)27-22)16(2)28-24(29)19-9-7-8-10-20(19)25(28)30/h6-16H,3-5H2,1-2H3. The van der Waals surface area contributed by atoms with E-state index >= 15 is 0 Å². The maximum Gasteiger partial charge on any atom is 0.262 e. The number of nitrogens with zero attached hydrogens (tertiary/aromatic N) is 2. The molecule has 1 atom stereocenters. The van der Waals surface area contributed by atoms with Gasteiger partial charge in [-0.25, -0.2) is 9.37 Å². The third-order valence-electron chi connectivity index (χ3n) is 5.50. The Morgan fingerprint density at radius 3 is 2.43 bits per heavy atom. The number of benzene rings is 2. The predicted octanol–water partition coefficient (Wildman–Crippen LogP) is 5.93. The van der Waals surface area contributed by atoms with E-state index in [-0.39, 0.29) is 17.6 Å². The molecule has 4 rings (SSSR count). The van der Waals surface area contributed by atoms with Crippen LogP contribution in [0.5, 0.6) is 0 Å². The Balaban J connectivity index is 1.78. The first-order chi connectivity index (χ1) is 14.5. The van der Waals surface area contributed by atoms with Crippen molar-refractivity contribution < 1.29 is 14.0 Å². The summed E-state index contributed by atoms with van der Waals surface area (Å²) in [7, 11) is 0. The second-order valence-corrected chi connectivity index (χ2v) is 7.55. The van der Waals surface area contributed by atoms with Gasteiger partial charge in [0.1, 0.15) is 5.82 Å². The number of aromatic nitrogens is 1. The number of hydrogen-bond acceptors (Lipinski definition) is 3. The quantitative estimate of drug-likeness (QED) is 0.379. The Labute approximate surface area is 175 Å².